The molecule has 16 heavy (non-hydrogen) atoms. The fraction of sp³-hybridized carbons (Fsp3) is 0.357. The second kappa shape index (κ2) is 5.50. The Morgan fingerprint density at radius 1 is 1.31 bits per heavy atom. The van der Waals surface area contributed by atoms with Crippen molar-refractivity contribution in [3.63, 3.8) is 0 Å². The zero-order chi connectivity index (χ0) is 12.0. The molecular weight excluding hydrogens is 198 g/mol. The molecule has 1 N–H and O–H groups in total. The van der Waals surface area contributed by atoms with Gasteiger partial charge < -0.3 is 5.32 Å². The van der Waals surface area contributed by atoms with E-state index in [1.54, 1.807) is 0 Å². The number of hydrogen-bond acceptors (Lipinski definition) is 1. The van der Waals surface area contributed by atoms with Crippen LogP contribution in [-0.2, 0) is 11.3 Å². The second-order valence-corrected chi connectivity index (χ2v) is 4.39. The average Bonchev–Trinajstić information content (AvgIpc) is 2.27. The molecule has 1 rings (SSSR count). The first kappa shape index (κ1) is 12.5. The van der Waals surface area contributed by atoms with Gasteiger partial charge >= 0.3 is 0 Å². The molecule has 1 aromatic rings. The van der Waals surface area contributed by atoms with Crippen molar-refractivity contribution in [1.29, 1.82) is 0 Å². The van der Waals surface area contributed by atoms with Crippen molar-refractivity contribution in [3.05, 3.63) is 48.0 Å². The lowest BCUT2D eigenvalue weighted by Gasteiger charge is -2.19. The highest BCUT2D eigenvalue weighted by Gasteiger charge is 2.23. The van der Waals surface area contributed by atoms with Crippen LogP contribution in [0.5, 0.6) is 0 Å². The molecule has 0 aliphatic rings. The number of benzene rings is 1. The number of rotatable bonds is 4. The van der Waals surface area contributed by atoms with Crippen LogP contribution in [0.15, 0.2) is 42.5 Å². The average molecular weight is 217 g/mol. The second-order valence-electron chi connectivity index (χ2n) is 4.39. The number of carbonyl (C=O) groups excluding carboxylic acids is 1. The van der Waals surface area contributed by atoms with E-state index in [0.29, 0.717) is 6.54 Å². The van der Waals surface area contributed by atoms with E-state index in [2.05, 4.69) is 5.32 Å². The van der Waals surface area contributed by atoms with E-state index in [1.165, 1.54) is 0 Å². The Hall–Kier alpha value is -1.57. The predicted octanol–water partition coefficient (Wildman–Crippen LogP) is 2.91. The van der Waals surface area contributed by atoms with Gasteiger partial charge in [0.1, 0.15) is 0 Å². The van der Waals surface area contributed by atoms with Gasteiger partial charge in [-0.05, 0) is 26.3 Å². The van der Waals surface area contributed by atoms with Crippen LogP contribution in [-0.4, -0.2) is 5.91 Å². The molecule has 0 heterocycles. The number of hydrogen-bond donors (Lipinski definition) is 1. The molecule has 0 saturated heterocycles. The molecule has 1 amide bonds. The van der Waals surface area contributed by atoms with Crippen molar-refractivity contribution in [1.82, 2.24) is 5.32 Å². The molecule has 0 aliphatic heterocycles. The third kappa shape index (κ3) is 3.54. The molecule has 0 atom stereocenters. The number of nitrogens with one attached hydrogen (secondary N) is 1. The fourth-order valence-corrected chi connectivity index (χ4v) is 1.50. The van der Waals surface area contributed by atoms with Gasteiger partial charge in [0.2, 0.25) is 5.91 Å². The molecule has 0 aliphatic carbocycles. The molecular formula is C14H19NO. The Labute approximate surface area is 97.4 Å². The smallest absolute Gasteiger partial charge is 0.229 e. The van der Waals surface area contributed by atoms with Crippen molar-refractivity contribution in [3.8, 4) is 0 Å². The summed E-state index contributed by atoms with van der Waals surface area (Å²) in [5.74, 6) is 0.0504. The normalized spacial score (nSPS) is 11.7. The Morgan fingerprint density at radius 2 is 1.94 bits per heavy atom. The van der Waals surface area contributed by atoms with Gasteiger partial charge in [-0.1, -0.05) is 42.5 Å². The minimum absolute atomic E-state index is 0.0504. The van der Waals surface area contributed by atoms with Crippen LogP contribution in [0.25, 0.3) is 0 Å². The first-order chi connectivity index (χ1) is 7.56. The summed E-state index contributed by atoms with van der Waals surface area (Å²) in [5, 5.41) is 2.93. The van der Waals surface area contributed by atoms with E-state index in [1.807, 2.05) is 63.3 Å². The molecule has 0 radical (unpaired) electrons. The van der Waals surface area contributed by atoms with Gasteiger partial charge in [0.25, 0.3) is 0 Å². The van der Waals surface area contributed by atoms with E-state index >= 15 is 0 Å². The fourth-order valence-electron chi connectivity index (χ4n) is 1.50. The van der Waals surface area contributed by atoms with E-state index in [-0.39, 0.29) is 5.91 Å². The summed E-state index contributed by atoms with van der Waals surface area (Å²) in [6.07, 6.45) is 3.81. The van der Waals surface area contributed by atoms with Crippen LogP contribution >= 0.6 is 0 Å². The van der Waals surface area contributed by atoms with Crippen molar-refractivity contribution in [2.24, 2.45) is 5.41 Å². The van der Waals surface area contributed by atoms with Crippen LogP contribution in [0.1, 0.15) is 26.3 Å². The molecule has 0 saturated carbocycles. The largest absolute Gasteiger partial charge is 0.351 e. The zero-order valence-electron chi connectivity index (χ0n) is 10.2. The Morgan fingerprint density at radius 3 is 2.50 bits per heavy atom. The number of allylic oxidation sites excluding steroid dienone is 1. The Kier molecular flexibility index (Phi) is 4.29. The number of amides is 1. The van der Waals surface area contributed by atoms with Gasteiger partial charge in [0, 0.05) is 6.54 Å². The molecule has 2 heteroatoms. The summed E-state index contributed by atoms with van der Waals surface area (Å²) in [6.45, 7) is 6.33. The third-order valence-corrected chi connectivity index (χ3v) is 2.46. The lowest BCUT2D eigenvalue weighted by Crippen LogP contribution is -2.35. The van der Waals surface area contributed by atoms with Gasteiger partial charge in [-0.25, -0.2) is 0 Å². The minimum atomic E-state index is -0.441. The van der Waals surface area contributed by atoms with Crippen molar-refractivity contribution < 1.29 is 4.79 Å². The maximum atomic E-state index is 11.9. The monoisotopic (exact) mass is 217 g/mol. The van der Waals surface area contributed by atoms with E-state index < -0.39 is 5.41 Å². The first-order valence-electron chi connectivity index (χ1n) is 5.52. The molecule has 0 unspecified atom stereocenters. The highest BCUT2D eigenvalue weighted by atomic mass is 16.2. The summed E-state index contributed by atoms with van der Waals surface area (Å²) in [7, 11) is 0. The molecule has 0 fully saturated rings. The van der Waals surface area contributed by atoms with Crippen LogP contribution in [0.2, 0.25) is 0 Å². The van der Waals surface area contributed by atoms with Gasteiger partial charge in [0.05, 0.1) is 5.41 Å². The van der Waals surface area contributed by atoms with Crippen molar-refractivity contribution in [2.75, 3.05) is 0 Å². The highest BCUT2D eigenvalue weighted by Crippen LogP contribution is 2.17. The summed E-state index contributed by atoms with van der Waals surface area (Å²) >= 11 is 0. The highest BCUT2D eigenvalue weighted by molar-refractivity contribution is 5.83. The molecule has 2 nitrogen and oxygen atoms in total. The van der Waals surface area contributed by atoms with Gasteiger partial charge in [-0.2, -0.15) is 0 Å². The van der Waals surface area contributed by atoms with E-state index in [9.17, 15) is 4.79 Å². The van der Waals surface area contributed by atoms with Gasteiger partial charge in [-0.3, -0.25) is 4.79 Å². The van der Waals surface area contributed by atoms with Gasteiger partial charge in [0.15, 0.2) is 0 Å². The van der Waals surface area contributed by atoms with Crippen LogP contribution in [0.3, 0.4) is 0 Å². The Bertz CT molecular complexity index is 366. The van der Waals surface area contributed by atoms with E-state index in [4.69, 9.17) is 0 Å². The molecule has 0 bridgehead atoms. The molecule has 0 aromatic heterocycles. The SMILES string of the molecule is C/C=C/C(C)(C)C(=O)NCc1ccccc1. The summed E-state index contributed by atoms with van der Waals surface area (Å²) in [5.41, 5.74) is 0.677. The molecule has 86 valence electrons. The topological polar surface area (TPSA) is 29.1 Å². The summed E-state index contributed by atoms with van der Waals surface area (Å²) in [6, 6.07) is 9.91. The summed E-state index contributed by atoms with van der Waals surface area (Å²) in [4.78, 5) is 11.9. The maximum absolute atomic E-state index is 11.9. The maximum Gasteiger partial charge on any atom is 0.229 e. The van der Waals surface area contributed by atoms with Crippen molar-refractivity contribution >= 4 is 5.91 Å². The lowest BCUT2D eigenvalue weighted by atomic mass is 9.92. The van der Waals surface area contributed by atoms with Crippen LogP contribution in [0, 0.1) is 5.41 Å². The van der Waals surface area contributed by atoms with E-state index in [0.717, 1.165) is 5.56 Å². The Balaban J connectivity index is 2.53. The molecule has 0 spiro atoms. The minimum Gasteiger partial charge on any atom is -0.351 e. The van der Waals surface area contributed by atoms with Crippen molar-refractivity contribution in [2.45, 2.75) is 27.3 Å². The van der Waals surface area contributed by atoms with Gasteiger partial charge in [-0.15, -0.1) is 0 Å². The number of carbonyl (C=O) groups is 1. The molecule has 1 aromatic carbocycles. The summed E-state index contributed by atoms with van der Waals surface area (Å²) < 4.78 is 0. The lowest BCUT2D eigenvalue weighted by molar-refractivity contribution is -0.127. The standard InChI is InChI=1S/C14H19NO/c1-4-10-14(2,3)13(16)15-11-12-8-6-5-7-9-12/h4-10H,11H2,1-3H3,(H,15,16)/b10-4+. The van der Waals surface area contributed by atoms with Crippen LogP contribution < -0.4 is 5.32 Å². The predicted molar refractivity (Wildman–Crippen MR) is 66.9 cm³/mol. The van der Waals surface area contributed by atoms with Crippen LogP contribution in [0.4, 0.5) is 0 Å². The zero-order valence-corrected chi connectivity index (χ0v) is 10.2. The third-order valence-electron chi connectivity index (χ3n) is 2.46. The quantitative estimate of drug-likeness (QED) is 0.772. The first-order valence-corrected chi connectivity index (χ1v) is 5.52.